The van der Waals surface area contributed by atoms with Crippen LogP contribution in [0.15, 0.2) is 206 Å². The van der Waals surface area contributed by atoms with Crippen molar-refractivity contribution < 1.29 is 0 Å². The van der Waals surface area contributed by atoms with Crippen LogP contribution < -0.4 is 0 Å². The molecule has 2 heteroatoms. The third-order valence-electron chi connectivity index (χ3n) is 10.5. The first kappa shape index (κ1) is 31.6. The standard InChI is InChI=1S/C52H34N2/c1-3-16-35(17-4-1)37-20-15-21-39(32-37)51-34-50(36-18-5-2-6-19-36)53-52(54-51)48-29-14-13-27-45(48)41-23-8-7-22-40(41)38-30-31-47-44-26-10-9-24-42(44)43-25-11-12-28-46(43)49(47)33-38/h1-34H. The van der Waals surface area contributed by atoms with Crippen LogP contribution in [-0.4, -0.2) is 9.97 Å². The number of nitrogens with zero attached hydrogens (tertiary/aromatic N) is 2. The van der Waals surface area contributed by atoms with Crippen LogP contribution in [0.1, 0.15) is 0 Å². The Hall–Kier alpha value is -7.16. The zero-order chi connectivity index (χ0) is 35.8. The quantitative estimate of drug-likeness (QED) is 0.163. The van der Waals surface area contributed by atoms with Gasteiger partial charge >= 0.3 is 0 Å². The largest absolute Gasteiger partial charge is 0.228 e. The van der Waals surface area contributed by atoms with E-state index in [1.54, 1.807) is 0 Å². The van der Waals surface area contributed by atoms with Crippen molar-refractivity contribution in [3.05, 3.63) is 206 Å². The highest BCUT2D eigenvalue weighted by molar-refractivity contribution is 6.25. The molecule has 0 aliphatic rings. The molecule has 1 heterocycles. The Morgan fingerprint density at radius 3 is 1.31 bits per heavy atom. The predicted molar refractivity (Wildman–Crippen MR) is 227 cm³/mol. The number of rotatable bonds is 6. The molecule has 0 bridgehead atoms. The smallest absolute Gasteiger partial charge is 0.161 e. The van der Waals surface area contributed by atoms with E-state index in [0.717, 1.165) is 44.8 Å². The lowest BCUT2D eigenvalue weighted by Gasteiger charge is -2.17. The van der Waals surface area contributed by atoms with Crippen molar-refractivity contribution in [1.29, 1.82) is 0 Å². The van der Waals surface area contributed by atoms with Gasteiger partial charge in [-0.2, -0.15) is 0 Å². The Labute approximate surface area is 314 Å². The Balaban J connectivity index is 1.15. The summed E-state index contributed by atoms with van der Waals surface area (Å²) in [7, 11) is 0. The van der Waals surface area contributed by atoms with Gasteiger partial charge in [0.25, 0.3) is 0 Å². The summed E-state index contributed by atoms with van der Waals surface area (Å²) in [5, 5.41) is 7.62. The van der Waals surface area contributed by atoms with Crippen molar-refractivity contribution in [3.63, 3.8) is 0 Å². The fourth-order valence-corrected chi connectivity index (χ4v) is 7.92. The molecule has 10 aromatic rings. The molecule has 10 rings (SSSR count). The van der Waals surface area contributed by atoms with Gasteiger partial charge in [-0.05, 0) is 83.9 Å². The van der Waals surface area contributed by atoms with E-state index in [-0.39, 0.29) is 0 Å². The zero-order valence-electron chi connectivity index (χ0n) is 29.5. The van der Waals surface area contributed by atoms with Crippen LogP contribution in [0.2, 0.25) is 0 Å². The summed E-state index contributed by atoms with van der Waals surface area (Å²) in [6.07, 6.45) is 0. The topological polar surface area (TPSA) is 25.8 Å². The van der Waals surface area contributed by atoms with Crippen molar-refractivity contribution in [2.75, 3.05) is 0 Å². The molecule has 54 heavy (non-hydrogen) atoms. The maximum atomic E-state index is 5.32. The summed E-state index contributed by atoms with van der Waals surface area (Å²) in [5.41, 5.74) is 11.7. The molecule has 1 aromatic heterocycles. The average molecular weight is 687 g/mol. The first-order valence-corrected chi connectivity index (χ1v) is 18.4. The fraction of sp³-hybridized carbons (Fsp3) is 0. The zero-order valence-corrected chi connectivity index (χ0v) is 29.5. The van der Waals surface area contributed by atoms with Gasteiger partial charge < -0.3 is 0 Å². The fourth-order valence-electron chi connectivity index (χ4n) is 7.92. The highest BCUT2D eigenvalue weighted by Gasteiger charge is 2.18. The molecule has 0 N–H and O–H groups in total. The highest BCUT2D eigenvalue weighted by atomic mass is 14.9. The number of hydrogen-bond donors (Lipinski definition) is 0. The predicted octanol–water partition coefficient (Wildman–Crippen LogP) is 13.9. The minimum Gasteiger partial charge on any atom is -0.228 e. The molecule has 0 amide bonds. The highest BCUT2D eigenvalue weighted by Crippen LogP contribution is 2.42. The monoisotopic (exact) mass is 686 g/mol. The molecule has 0 unspecified atom stereocenters. The van der Waals surface area contributed by atoms with E-state index in [0.29, 0.717) is 5.82 Å². The molecule has 0 saturated heterocycles. The van der Waals surface area contributed by atoms with Crippen LogP contribution in [0.3, 0.4) is 0 Å². The lowest BCUT2D eigenvalue weighted by atomic mass is 9.88. The van der Waals surface area contributed by atoms with Crippen LogP contribution >= 0.6 is 0 Å². The van der Waals surface area contributed by atoms with Gasteiger partial charge in [-0.3, -0.25) is 0 Å². The molecular formula is C52H34N2. The number of aromatic nitrogens is 2. The molecule has 0 aliphatic heterocycles. The third kappa shape index (κ3) is 5.62. The maximum absolute atomic E-state index is 5.32. The normalized spacial score (nSPS) is 11.3. The number of hydrogen-bond acceptors (Lipinski definition) is 2. The summed E-state index contributed by atoms with van der Waals surface area (Å²) in [6.45, 7) is 0. The van der Waals surface area contributed by atoms with Gasteiger partial charge in [0.15, 0.2) is 5.82 Å². The van der Waals surface area contributed by atoms with Crippen LogP contribution in [0.5, 0.6) is 0 Å². The van der Waals surface area contributed by atoms with Crippen LogP contribution in [0.25, 0.3) is 99.6 Å². The molecule has 0 aliphatic carbocycles. The number of benzene rings is 9. The Bertz CT molecular complexity index is 2950. The molecule has 0 atom stereocenters. The lowest BCUT2D eigenvalue weighted by molar-refractivity contribution is 1.18. The summed E-state index contributed by atoms with van der Waals surface area (Å²) in [6, 6.07) is 73.4. The van der Waals surface area contributed by atoms with Gasteiger partial charge in [-0.25, -0.2) is 9.97 Å². The maximum Gasteiger partial charge on any atom is 0.161 e. The van der Waals surface area contributed by atoms with Crippen molar-refractivity contribution in [1.82, 2.24) is 9.97 Å². The summed E-state index contributed by atoms with van der Waals surface area (Å²) in [5.74, 6) is 0.692. The van der Waals surface area contributed by atoms with Gasteiger partial charge in [0.1, 0.15) is 0 Å². The minimum atomic E-state index is 0.692. The van der Waals surface area contributed by atoms with Gasteiger partial charge in [0.2, 0.25) is 0 Å². The van der Waals surface area contributed by atoms with Gasteiger partial charge in [-0.1, -0.05) is 188 Å². The molecular weight excluding hydrogens is 653 g/mol. The Morgan fingerprint density at radius 2 is 0.667 bits per heavy atom. The van der Waals surface area contributed by atoms with Crippen LogP contribution in [0.4, 0.5) is 0 Å². The second kappa shape index (κ2) is 13.4. The van der Waals surface area contributed by atoms with E-state index in [9.17, 15) is 0 Å². The molecule has 2 nitrogen and oxygen atoms in total. The third-order valence-corrected chi connectivity index (χ3v) is 10.5. The number of fused-ring (bicyclic) bond motifs is 6. The molecule has 0 fully saturated rings. The summed E-state index contributed by atoms with van der Waals surface area (Å²) >= 11 is 0. The first-order valence-electron chi connectivity index (χ1n) is 18.4. The Kier molecular flexibility index (Phi) is 7.85. The molecule has 0 spiro atoms. The van der Waals surface area contributed by atoms with E-state index >= 15 is 0 Å². The second-order valence-electron chi connectivity index (χ2n) is 13.7. The van der Waals surface area contributed by atoms with E-state index in [1.807, 2.05) is 6.07 Å². The van der Waals surface area contributed by atoms with E-state index in [2.05, 4.69) is 200 Å². The van der Waals surface area contributed by atoms with Gasteiger partial charge in [-0.15, -0.1) is 0 Å². The van der Waals surface area contributed by atoms with Gasteiger partial charge in [0.05, 0.1) is 11.4 Å². The first-order chi connectivity index (χ1) is 26.8. The van der Waals surface area contributed by atoms with Crippen molar-refractivity contribution >= 4 is 32.3 Å². The van der Waals surface area contributed by atoms with Crippen LogP contribution in [0, 0.1) is 0 Å². The molecule has 0 saturated carbocycles. The summed E-state index contributed by atoms with van der Waals surface area (Å²) < 4.78 is 0. The van der Waals surface area contributed by atoms with E-state index in [4.69, 9.17) is 9.97 Å². The minimum absolute atomic E-state index is 0.692. The SMILES string of the molecule is c1ccc(-c2cccc(-c3cc(-c4ccccc4)nc(-c4ccccc4-c4ccccc4-c4ccc5c6ccccc6c6ccccc6c5c4)n3)c2)cc1. The van der Waals surface area contributed by atoms with E-state index < -0.39 is 0 Å². The van der Waals surface area contributed by atoms with Crippen molar-refractivity contribution in [2.24, 2.45) is 0 Å². The molecule has 0 radical (unpaired) electrons. The lowest BCUT2D eigenvalue weighted by Crippen LogP contribution is -1.98. The van der Waals surface area contributed by atoms with Crippen molar-refractivity contribution in [2.45, 2.75) is 0 Å². The second-order valence-corrected chi connectivity index (χ2v) is 13.7. The molecule has 9 aromatic carbocycles. The van der Waals surface area contributed by atoms with Crippen LogP contribution in [-0.2, 0) is 0 Å². The van der Waals surface area contributed by atoms with Crippen molar-refractivity contribution in [3.8, 4) is 67.3 Å². The molecule has 252 valence electrons. The average Bonchev–Trinajstić information content (AvgIpc) is 3.27. The van der Waals surface area contributed by atoms with E-state index in [1.165, 1.54) is 49.0 Å². The van der Waals surface area contributed by atoms with Gasteiger partial charge in [0, 0.05) is 16.7 Å². The Morgan fingerprint density at radius 1 is 0.222 bits per heavy atom. The summed E-state index contributed by atoms with van der Waals surface area (Å²) in [4.78, 5) is 10.6.